The van der Waals surface area contributed by atoms with E-state index in [0.29, 0.717) is 30.2 Å². The average Bonchev–Trinajstić information content (AvgIpc) is 2.71. The van der Waals surface area contributed by atoms with Gasteiger partial charge in [-0.05, 0) is 36.8 Å². The Balaban J connectivity index is 2.25. The standard InChI is InChI=1S/C20H24N2O5/c1-4-27-19(23)7-10-22(14-15-5-8-21-9-6-15)20(24)16-11-17(25-2)13-18(12-16)26-3/h5-6,8-9,11-13H,4,7,10,14H2,1-3H3. The first kappa shape index (κ1) is 20.2. The maximum absolute atomic E-state index is 13.1. The molecule has 2 aromatic rings. The van der Waals surface area contributed by atoms with Crippen LogP contribution < -0.4 is 9.47 Å². The molecule has 0 radical (unpaired) electrons. The molecule has 1 aromatic heterocycles. The third-order valence-corrected chi connectivity index (χ3v) is 3.90. The van der Waals surface area contributed by atoms with Gasteiger partial charge in [-0.2, -0.15) is 0 Å². The van der Waals surface area contributed by atoms with Crippen LogP contribution in [-0.2, 0) is 16.1 Å². The van der Waals surface area contributed by atoms with Crippen LogP contribution in [0.1, 0.15) is 29.3 Å². The number of benzene rings is 1. The zero-order valence-corrected chi connectivity index (χ0v) is 15.8. The second-order valence-electron chi connectivity index (χ2n) is 5.74. The van der Waals surface area contributed by atoms with Gasteiger partial charge in [-0.25, -0.2) is 0 Å². The summed E-state index contributed by atoms with van der Waals surface area (Å²) in [5.41, 5.74) is 1.33. The lowest BCUT2D eigenvalue weighted by molar-refractivity contribution is -0.143. The first-order valence-electron chi connectivity index (χ1n) is 8.64. The molecule has 0 N–H and O–H groups in total. The predicted molar refractivity (Wildman–Crippen MR) is 99.8 cm³/mol. The number of hydrogen-bond acceptors (Lipinski definition) is 6. The molecule has 0 saturated heterocycles. The second kappa shape index (κ2) is 10.2. The quantitative estimate of drug-likeness (QED) is 0.630. The van der Waals surface area contributed by atoms with Gasteiger partial charge in [0.25, 0.3) is 5.91 Å². The number of hydrogen-bond donors (Lipinski definition) is 0. The first-order chi connectivity index (χ1) is 13.1. The Morgan fingerprint density at radius 2 is 1.67 bits per heavy atom. The number of rotatable bonds is 9. The number of aromatic nitrogens is 1. The van der Waals surface area contributed by atoms with E-state index in [1.165, 1.54) is 14.2 Å². The third kappa shape index (κ3) is 5.99. The lowest BCUT2D eigenvalue weighted by Gasteiger charge is -2.23. The number of carbonyl (C=O) groups is 2. The van der Waals surface area contributed by atoms with Crippen molar-refractivity contribution in [3.05, 3.63) is 53.9 Å². The van der Waals surface area contributed by atoms with Gasteiger partial charge in [0.2, 0.25) is 0 Å². The van der Waals surface area contributed by atoms with E-state index in [2.05, 4.69) is 4.98 Å². The van der Waals surface area contributed by atoms with Crippen molar-refractivity contribution in [1.82, 2.24) is 9.88 Å². The highest BCUT2D eigenvalue weighted by Crippen LogP contribution is 2.24. The van der Waals surface area contributed by atoms with Crippen LogP contribution in [-0.4, -0.2) is 49.1 Å². The molecule has 144 valence electrons. The van der Waals surface area contributed by atoms with E-state index in [0.717, 1.165) is 5.56 Å². The van der Waals surface area contributed by atoms with Crippen molar-refractivity contribution in [3.63, 3.8) is 0 Å². The molecule has 27 heavy (non-hydrogen) atoms. The monoisotopic (exact) mass is 372 g/mol. The normalized spacial score (nSPS) is 10.2. The van der Waals surface area contributed by atoms with E-state index in [1.54, 1.807) is 42.4 Å². The minimum Gasteiger partial charge on any atom is -0.497 e. The summed E-state index contributed by atoms with van der Waals surface area (Å²) in [6, 6.07) is 8.65. The van der Waals surface area contributed by atoms with Gasteiger partial charge >= 0.3 is 5.97 Å². The Labute approximate surface area is 158 Å². The predicted octanol–water partition coefficient (Wildman–Crippen LogP) is 2.69. The maximum atomic E-state index is 13.1. The van der Waals surface area contributed by atoms with Crippen molar-refractivity contribution in [1.29, 1.82) is 0 Å². The Hall–Kier alpha value is -3.09. The fraction of sp³-hybridized carbons (Fsp3) is 0.350. The molecule has 0 atom stereocenters. The molecule has 1 heterocycles. The van der Waals surface area contributed by atoms with E-state index < -0.39 is 0 Å². The molecule has 0 aliphatic heterocycles. The zero-order valence-electron chi connectivity index (χ0n) is 15.8. The van der Waals surface area contributed by atoms with Gasteiger partial charge < -0.3 is 19.1 Å². The summed E-state index contributed by atoms with van der Waals surface area (Å²) in [5.74, 6) is 0.473. The lowest BCUT2D eigenvalue weighted by Crippen LogP contribution is -2.33. The molecule has 0 unspecified atom stereocenters. The number of pyridine rings is 1. The number of carbonyl (C=O) groups excluding carboxylic acids is 2. The minimum atomic E-state index is -0.340. The Morgan fingerprint density at radius 1 is 1.04 bits per heavy atom. The van der Waals surface area contributed by atoms with Gasteiger partial charge in [-0.3, -0.25) is 14.6 Å². The van der Waals surface area contributed by atoms with E-state index in [1.807, 2.05) is 12.1 Å². The molecular formula is C20H24N2O5. The number of nitrogens with zero attached hydrogens (tertiary/aromatic N) is 2. The second-order valence-corrected chi connectivity index (χ2v) is 5.74. The Morgan fingerprint density at radius 3 is 2.22 bits per heavy atom. The largest absolute Gasteiger partial charge is 0.497 e. The zero-order chi connectivity index (χ0) is 19.6. The summed E-state index contributed by atoms with van der Waals surface area (Å²) in [5, 5.41) is 0. The summed E-state index contributed by atoms with van der Waals surface area (Å²) in [6.45, 7) is 2.64. The molecule has 2 rings (SSSR count). The van der Waals surface area contributed by atoms with Crippen LogP contribution in [0, 0.1) is 0 Å². The van der Waals surface area contributed by atoms with Crippen molar-refractivity contribution in [3.8, 4) is 11.5 Å². The molecular weight excluding hydrogens is 348 g/mol. The number of methoxy groups -OCH3 is 2. The fourth-order valence-corrected chi connectivity index (χ4v) is 2.53. The summed E-state index contributed by atoms with van der Waals surface area (Å²) in [6.07, 6.45) is 3.45. The Bertz CT molecular complexity index is 742. The Kier molecular flexibility index (Phi) is 7.61. The van der Waals surface area contributed by atoms with Gasteiger partial charge in [0.1, 0.15) is 11.5 Å². The molecule has 0 bridgehead atoms. The number of esters is 1. The summed E-state index contributed by atoms with van der Waals surface area (Å²) < 4.78 is 15.5. The first-order valence-corrected chi connectivity index (χ1v) is 8.64. The molecule has 7 nitrogen and oxygen atoms in total. The average molecular weight is 372 g/mol. The van der Waals surface area contributed by atoms with Crippen molar-refractivity contribution >= 4 is 11.9 Å². The van der Waals surface area contributed by atoms with Crippen LogP contribution in [0.25, 0.3) is 0 Å². The van der Waals surface area contributed by atoms with Gasteiger partial charge in [-0.15, -0.1) is 0 Å². The summed E-state index contributed by atoms with van der Waals surface area (Å²) in [4.78, 5) is 30.4. The molecule has 1 aromatic carbocycles. The van der Waals surface area contributed by atoms with Crippen LogP contribution in [0.3, 0.4) is 0 Å². The van der Waals surface area contributed by atoms with Crippen LogP contribution in [0.5, 0.6) is 11.5 Å². The highest BCUT2D eigenvalue weighted by molar-refractivity contribution is 5.95. The van der Waals surface area contributed by atoms with E-state index in [-0.39, 0.29) is 24.8 Å². The molecule has 0 saturated carbocycles. The molecule has 0 fully saturated rings. The van der Waals surface area contributed by atoms with Crippen molar-refractivity contribution in [2.75, 3.05) is 27.4 Å². The van der Waals surface area contributed by atoms with Crippen molar-refractivity contribution in [2.24, 2.45) is 0 Å². The topological polar surface area (TPSA) is 78.0 Å². The van der Waals surface area contributed by atoms with E-state index in [9.17, 15) is 9.59 Å². The SMILES string of the molecule is CCOC(=O)CCN(Cc1ccncc1)C(=O)c1cc(OC)cc(OC)c1. The number of ether oxygens (including phenoxy) is 3. The van der Waals surface area contributed by atoms with Crippen molar-refractivity contribution < 1.29 is 23.8 Å². The molecule has 0 spiro atoms. The molecule has 0 aliphatic rings. The van der Waals surface area contributed by atoms with E-state index >= 15 is 0 Å². The van der Waals surface area contributed by atoms with E-state index in [4.69, 9.17) is 14.2 Å². The smallest absolute Gasteiger partial charge is 0.307 e. The van der Waals surface area contributed by atoms with Crippen LogP contribution in [0.15, 0.2) is 42.7 Å². The van der Waals surface area contributed by atoms with Gasteiger partial charge in [0.05, 0.1) is 27.2 Å². The van der Waals surface area contributed by atoms with Gasteiger partial charge in [-0.1, -0.05) is 0 Å². The highest BCUT2D eigenvalue weighted by Gasteiger charge is 2.19. The molecule has 7 heteroatoms. The molecule has 0 aliphatic carbocycles. The van der Waals surface area contributed by atoms with Crippen LogP contribution in [0.2, 0.25) is 0 Å². The summed E-state index contributed by atoms with van der Waals surface area (Å²) in [7, 11) is 3.05. The lowest BCUT2D eigenvalue weighted by atomic mass is 10.1. The highest BCUT2D eigenvalue weighted by atomic mass is 16.5. The van der Waals surface area contributed by atoms with Crippen LogP contribution in [0.4, 0.5) is 0 Å². The van der Waals surface area contributed by atoms with Crippen molar-refractivity contribution in [2.45, 2.75) is 19.9 Å². The maximum Gasteiger partial charge on any atom is 0.307 e. The van der Waals surface area contributed by atoms with Gasteiger partial charge in [0.15, 0.2) is 0 Å². The fourth-order valence-electron chi connectivity index (χ4n) is 2.53. The minimum absolute atomic E-state index is 0.117. The molecule has 1 amide bonds. The van der Waals surface area contributed by atoms with Gasteiger partial charge in [0, 0.05) is 37.1 Å². The summed E-state index contributed by atoms with van der Waals surface area (Å²) >= 11 is 0. The van der Waals surface area contributed by atoms with Crippen LogP contribution >= 0.6 is 0 Å². The number of amides is 1. The third-order valence-electron chi connectivity index (χ3n) is 3.90.